The van der Waals surface area contributed by atoms with E-state index in [-0.39, 0.29) is 5.97 Å². The molecule has 26 heavy (non-hydrogen) atoms. The number of rotatable bonds is 14. The quantitative estimate of drug-likeness (QED) is 0.200. The zero-order chi connectivity index (χ0) is 19.5. The van der Waals surface area contributed by atoms with E-state index in [9.17, 15) is 4.79 Å². The fourth-order valence-corrected chi connectivity index (χ4v) is 3.13. The van der Waals surface area contributed by atoms with Gasteiger partial charge in [0, 0.05) is 41.3 Å². The Hall–Kier alpha value is -0.990. The standard InChI is InChI=1S/C19H34O7/c1-21-16(20)12-10-8-6-7-9-11-13-18(24-4)14-15-19(25-5,26-18)17(22-2)23-3/h14-15,17H,6-13H2,1-5H3. The second kappa shape index (κ2) is 11.7. The van der Waals surface area contributed by atoms with E-state index in [2.05, 4.69) is 4.74 Å². The van der Waals surface area contributed by atoms with E-state index in [0.29, 0.717) is 12.8 Å². The van der Waals surface area contributed by atoms with Gasteiger partial charge in [0.1, 0.15) is 0 Å². The van der Waals surface area contributed by atoms with Crippen molar-refractivity contribution in [1.82, 2.24) is 0 Å². The number of carbonyl (C=O) groups excluding carboxylic acids is 1. The molecule has 0 aromatic carbocycles. The lowest BCUT2D eigenvalue weighted by Gasteiger charge is -2.36. The van der Waals surface area contributed by atoms with Gasteiger partial charge in [-0.15, -0.1) is 0 Å². The highest BCUT2D eigenvalue weighted by molar-refractivity contribution is 5.68. The molecule has 1 aliphatic rings. The second-order valence-corrected chi connectivity index (χ2v) is 6.38. The number of hydrogen-bond acceptors (Lipinski definition) is 7. The van der Waals surface area contributed by atoms with Crippen LogP contribution in [0.5, 0.6) is 0 Å². The van der Waals surface area contributed by atoms with Crippen molar-refractivity contribution in [3.63, 3.8) is 0 Å². The van der Waals surface area contributed by atoms with Crippen LogP contribution in [0.2, 0.25) is 0 Å². The third kappa shape index (κ3) is 6.32. The molecule has 0 amide bonds. The minimum absolute atomic E-state index is 0.135. The Morgan fingerprint density at radius 2 is 1.50 bits per heavy atom. The molecule has 0 radical (unpaired) electrons. The van der Waals surface area contributed by atoms with Crippen molar-refractivity contribution >= 4 is 5.97 Å². The monoisotopic (exact) mass is 374 g/mol. The zero-order valence-corrected chi connectivity index (χ0v) is 16.7. The Kier molecular flexibility index (Phi) is 10.3. The first kappa shape index (κ1) is 23.0. The van der Waals surface area contributed by atoms with Crippen LogP contribution in [0, 0.1) is 0 Å². The lowest BCUT2D eigenvalue weighted by molar-refractivity contribution is -0.361. The van der Waals surface area contributed by atoms with E-state index in [1.807, 2.05) is 6.08 Å². The highest BCUT2D eigenvalue weighted by Crippen LogP contribution is 2.39. The summed E-state index contributed by atoms with van der Waals surface area (Å²) in [5, 5.41) is 0. The van der Waals surface area contributed by atoms with Crippen molar-refractivity contribution in [2.45, 2.75) is 69.2 Å². The molecule has 0 aromatic heterocycles. The van der Waals surface area contributed by atoms with Crippen LogP contribution >= 0.6 is 0 Å². The molecule has 0 fully saturated rings. The lowest BCUT2D eigenvalue weighted by atomic mass is 10.0. The molecule has 152 valence electrons. The molecule has 0 saturated carbocycles. The van der Waals surface area contributed by atoms with Gasteiger partial charge in [-0.1, -0.05) is 25.7 Å². The van der Waals surface area contributed by atoms with E-state index in [1.165, 1.54) is 7.11 Å². The average molecular weight is 374 g/mol. The molecule has 1 heterocycles. The van der Waals surface area contributed by atoms with E-state index in [1.54, 1.807) is 34.5 Å². The van der Waals surface area contributed by atoms with Crippen LogP contribution in [-0.4, -0.2) is 59.4 Å². The maximum atomic E-state index is 11.0. The van der Waals surface area contributed by atoms with Gasteiger partial charge in [-0.2, -0.15) is 0 Å². The Balaban J connectivity index is 2.35. The summed E-state index contributed by atoms with van der Waals surface area (Å²) in [7, 11) is 7.68. The summed E-state index contributed by atoms with van der Waals surface area (Å²) in [4.78, 5) is 11.0. The van der Waals surface area contributed by atoms with Gasteiger partial charge in [-0.3, -0.25) is 4.79 Å². The molecular weight excluding hydrogens is 340 g/mol. The lowest BCUT2D eigenvalue weighted by Crippen LogP contribution is -2.49. The summed E-state index contributed by atoms with van der Waals surface area (Å²) in [6.45, 7) is 0. The van der Waals surface area contributed by atoms with Crippen LogP contribution in [0.3, 0.4) is 0 Å². The number of hydrogen-bond donors (Lipinski definition) is 0. The molecule has 0 N–H and O–H groups in total. The normalized spacial score (nSPS) is 25.2. The molecule has 1 aliphatic heterocycles. The van der Waals surface area contributed by atoms with Gasteiger partial charge in [-0.25, -0.2) is 0 Å². The molecule has 7 nitrogen and oxygen atoms in total. The van der Waals surface area contributed by atoms with E-state index in [4.69, 9.17) is 23.7 Å². The van der Waals surface area contributed by atoms with Crippen molar-refractivity contribution in [3.05, 3.63) is 12.2 Å². The first-order chi connectivity index (χ1) is 12.5. The van der Waals surface area contributed by atoms with Crippen LogP contribution in [0.25, 0.3) is 0 Å². The summed E-state index contributed by atoms with van der Waals surface area (Å²) in [6.07, 6.45) is 10.4. The summed E-state index contributed by atoms with van der Waals surface area (Å²) >= 11 is 0. The zero-order valence-electron chi connectivity index (χ0n) is 16.7. The van der Waals surface area contributed by atoms with Gasteiger partial charge >= 0.3 is 5.97 Å². The van der Waals surface area contributed by atoms with Gasteiger partial charge < -0.3 is 28.4 Å². The maximum Gasteiger partial charge on any atom is 0.305 e. The third-order valence-electron chi connectivity index (χ3n) is 4.71. The Bertz CT molecular complexity index is 436. The summed E-state index contributed by atoms with van der Waals surface area (Å²) < 4.78 is 32.5. The highest BCUT2D eigenvalue weighted by atomic mass is 16.8. The fourth-order valence-electron chi connectivity index (χ4n) is 3.13. The number of esters is 1. The molecule has 2 unspecified atom stereocenters. The minimum atomic E-state index is -1.12. The van der Waals surface area contributed by atoms with Gasteiger partial charge in [0.25, 0.3) is 0 Å². The topological polar surface area (TPSA) is 72.5 Å². The first-order valence-electron chi connectivity index (χ1n) is 9.14. The van der Waals surface area contributed by atoms with Crippen molar-refractivity contribution in [3.8, 4) is 0 Å². The van der Waals surface area contributed by atoms with Gasteiger partial charge in [0.05, 0.1) is 7.11 Å². The first-order valence-corrected chi connectivity index (χ1v) is 9.14. The molecule has 0 aromatic rings. The molecule has 0 aliphatic carbocycles. The average Bonchev–Trinajstić information content (AvgIpc) is 3.05. The highest BCUT2D eigenvalue weighted by Gasteiger charge is 2.51. The molecule has 0 bridgehead atoms. The van der Waals surface area contributed by atoms with E-state index in [0.717, 1.165) is 38.5 Å². The number of unbranched alkanes of at least 4 members (excludes halogenated alkanes) is 5. The van der Waals surface area contributed by atoms with Crippen molar-refractivity contribution < 1.29 is 33.2 Å². The smallest absolute Gasteiger partial charge is 0.305 e. The predicted octanol–water partition coefficient (Wildman–Crippen LogP) is 3.17. The summed E-state index contributed by atoms with van der Waals surface area (Å²) in [6, 6.07) is 0. The fraction of sp³-hybridized carbons (Fsp3) is 0.842. The molecule has 7 heteroatoms. The molecule has 0 saturated heterocycles. The van der Waals surface area contributed by atoms with Crippen molar-refractivity contribution in [1.29, 1.82) is 0 Å². The summed E-state index contributed by atoms with van der Waals surface area (Å²) in [5.41, 5.74) is 0. The molecule has 2 atom stereocenters. The van der Waals surface area contributed by atoms with Crippen LogP contribution in [0.4, 0.5) is 0 Å². The largest absolute Gasteiger partial charge is 0.469 e. The van der Waals surface area contributed by atoms with Crippen LogP contribution < -0.4 is 0 Å². The van der Waals surface area contributed by atoms with Crippen molar-refractivity contribution in [2.24, 2.45) is 0 Å². The molecule has 1 rings (SSSR count). The Morgan fingerprint density at radius 1 is 0.885 bits per heavy atom. The summed E-state index contributed by atoms with van der Waals surface area (Å²) in [5.74, 6) is -2.09. The van der Waals surface area contributed by atoms with E-state index < -0.39 is 17.9 Å². The third-order valence-corrected chi connectivity index (χ3v) is 4.71. The molecule has 0 spiro atoms. The Morgan fingerprint density at radius 3 is 2.04 bits per heavy atom. The van der Waals surface area contributed by atoms with Gasteiger partial charge in [0.15, 0.2) is 5.79 Å². The van der Waals surface area contributed by atoms with E-state index >= 15 is 0 Å². The predicted molar refractivity (Wildman–Crippen MR) is 96.5 cm³/mol. The van der Waals surface area contributed by atoms with Gasteiger partial charge in [0.2, 0.25) is 12.1 Å². The molecular formula is C19H34O7. The number of methoxy groups -OCH3 is 5. The number of ether oxygens (including phenoxy) is 6. The minimum Gasteiger partial charge on any atom is -0.469 e. The van der Waals surface area contributed by atoms with Crippen molar-refractivity contribution in [2.75, 3.05) is 35.5 Å². The maximum absolute atomic E-state index is 11.0. The van der Waals surface area contributed by atoms with Crippen LogP contribution in [0.15, 0.2) is 12.2 Å². The van der Waals surface area contributed by atoms with Crippen LogP contribution in [0.1, 0.15) is 51.4 Å². The Labute approximate surface area is 156 Å². The van der Waals surface area contributed by atoms with Gasteiger partial charge in [-0.05, 0) is 25.0 Å². The number of carbonyl (C=O) groups is 1. The van der Waals surface area contributed by atoms with Crippen LogP contribution in [-0.2, 0) is 33.2 Å². The SMILES string of the molecule is COC(=O)CCCCCCCCC1(OC)C=CC(OC)(C(OC)OC)O1. The second-order valence-electron chi connectivity index (χ2n) is 6.38.